The first kappa shape index (κ1) is 36.4. The summed E-state index contributed by atoms with van der Waals surface area (Å²) in [4.78, 5) is 67.3. The predicted octanol–water partition coefficient (Wildman–Crippen LogP) is 2.16. The van der Waals surface area contributed by atoms with Crippen molar-refractivity contribution in [2.75, 3.05) is 12.3 Å². The molecule has 0 bridgehead atoms. The minimum Gasteiger partial charge on any atom is -0.363 e. The highest BCUT2D eigenvalue weighted by Crippen LogP contribution is 2.65. The Morgan fingerprint density at radius 1 is 1.00 bits per heavy atom. The van der Waals surface area contributed by atoms with E-state index in [1.54, 1.807) is 45.0 Å². The number of likely N-dealkylation sites (tertiary alicyclic amines) is 1. The number of primary amides is 1. The molecule has 1 unspecified atom stereocenters. The van der Waals surface area contributed by atoms with Crippen LogP contribution in [0.5, 0.6) is 0 Å². The van der Waals surface area contributed by atoms with Gasteiger partial charge in [-0.25, -0.2) is 13.2 Å². The summed E-state index contributed by atoms with van der Waals surface area (Å²) in [6.45, 7) is 13.4. The highest BCUT2D eigenvalue weighted by molar-refractivity contribution is 7.90. The lowest BCUT2D eigenvalue weighted by Gasteiger charge is -2.38. The molecule has 0 spiro atoms. The highest BCUT2D eigenvalue weighted by atomic mass is 32.2. The van der Waals surface area contributed by atoms with Gasteiger partial charge in [0.25, 0.3) is 5.91 Å². The Labute approximate surface area is 278 Å². The molecule has 5 N–H and O–H groups in total. The van der Waals surface area contributed by atoms with E-state index in [4.69, 9.17) is 5.73 Å². The van der Waals surface area contributed by atoms with E-state index in [0.29, 0.717) is 18.5 Å². The topological polar surface area (TPSA) is 185 Å². The zero-order valence-corrected chi connectivity index (χ0v) is 29.4. The van der Waals surface area contributed by atoms with Gasteiger partial charge in [-0.15, -0.1) is 0 Å². The van der Waals surface area contributed by atoms with Crippen molar-refractivity contribution in [1.29, 1.82) is 0 Å². The Balaban J connectivity index is 1.49. The van der Waals surface area contributed by atoms with Gasteiger partial charge in [-0.2, -0.15) is 0 Å². The Morgan fingerprint density at radius 3 is 2.15 bits per heavy atom. The maximum Gasteiger partial charge on any atom is 0.315 e. The molecular formula is C34H51N5O7S. The van der Waals surface area contributed by atoms with Crippen LogP contribution in [0.25, 0.3) is 0 Å². The third-order valence-corrected chi connectivity index (χ3v) is 11.7. The minimum absolute atomic E-state index is 0.0468. The Hall–Kier alpha value is -3.48. The molecule has 13 heteroatoms. The molecule has 1 aliphatic heterocycles. The molecule has 1 aromatic rings. The van der Waals surface area contributed by atoms with E-state index in [1.807, 2.05) is 33.8 Å². The number of fused-ring (bicyclic) bond motifs is 1. The second-order valence-corrected chi connectivity index (χ2v) is 17.8. The molecule has 3 fully saturated rings. The molecule has 12 nitrogen and oxygen atoms in total. The zero-order valence-electron chi connectivity index (χ0n) is 28.5. The van der Waals surface area contributed by atoms with Crippen LogP contribution in [0.15, 0.2) is 30.3 Å². The largest absolute Gasteiger partial charge is 0.363 e. The predicted molar refractivity (Wildman–Crippen MR) is 177 cm³/mol. The van der Waals surface area contributed by atoms with Gasteiger partial charge in [0.1, 0.15) is 12.1 Å². The summed E-state index contributed by atoms with van der Waals surface area (Å²) in [5.41, 5.74) is 4.95. The van der Waals surface area contributed by atoms with E-state index in [0.717, 1.165) is 12.8 Å². The summed E-state index contributed by atoms with van der Waals surface area (Å²) in [5, 5.41) is 8.32. The Bertz CT molecular complexity index is 1480. The molecule has 1 aromatic carbocycles. The average molecular weight is 674 g/mol. The van der Waals surface area contributed by atoms with Crippen LogP contribution in [0.1, 0.15) is 73.3 Å². The first-order valence-electron chi connectivity index (χ1n) is 16.5. The number of piperidine rings is 1. The first-order chi connectivity index (χ1) is 21.7. The summed E-state index contributed by atoms with van der Waals surface area (Å²) in [5.74, 6) is -3.48. The van der Waals surface area contributed by atoms with E-state index < -0.39 is 69.0 Å². The highest BCUT2D eigenvalue weighted by Gasteiger charge is 2.70. The van der Waals surface area contributed by atoms with E-state index in [9.17, 15) is 32.4 Å². The Morgan fingerprint density at radius 2 is 1.62 bits per heavy atom. The van der Waals surface area contributed by atoms with E-state index >= 15 is 0 Å². The number of hydrogen-bond donors (Lipinski definition) is 4. The van der Waals surface area contributed by atoms with E-state index in [2.05, 4.69) is 16.0 Å². The number of nitrogens with one attached hydrogen (secondary N) is 3. The number of hydrogen-bond acceptors (Lipinski definition) is 7. The van der Waals surface area contributed by atoms with Gasteiger partial charge in [0.15, 0.2) is 9.84 Å². The number of nitrogens with two attached hydrogens (primary N) is 1. The number of urea groups is 1. The quantitative estimate of drug-likeness (QED) is 0.218. The number of carbonyl (C=O) groups is 5. The molecule has 3 aliphatic rings. The number of benzene rings is 1. The van der Waals surface area contributed by atoms with Crippen molar-refractivity contribution in [3.05, 3.63) is 35.9 Å². The molecule has 2 saturated carbocycles. The van der Waals surface area contributed by atoms with Gasteiger partial charge in [-0.05, 0) is 46.5 Å². The van der Waals surface area contributed by atoms with Crippen LogP contribution in [-0.4, -0.2) is 79.3 Å². The van der Waals surface area contributed by atoms with Gasteiger partial charge in [0.2, 0.25) is 17.6 Å². The van der Waals surface area contributed by atoms with Crippen molar-refractivity contribution < 1.29 is 32.4 Å². The summed E-state index contributed by atoms with van der Waals surface area (Å²) in [6.07, 6.45) is 2.12. The minimum atomic E-state index is -3.58. The van der Waals surface area contributed by atoms with Crippen molar-refractivity contribution in [2.24, 2.45) is 40.2 Å². The normalized spacial score (nSPS) is 23.7. The van der Waals surface area contributed by atoms with Gasteiger partial charge in [-0.1, -0.05) is 91.6 Å². The van der Waals surface area contributed by atoms with Crippen LogP contribution in [0.2, 0.25) is 0 Å². The van der Waals surface area contributed by atoms with E-state index in [1.165, 1.54) is 4.90 Å². The second kappa shape index (κ2) is 13.6. The van der Waals surface area contributed by atoms with Crippen LogP contribution >= 0.6 is 0 Å². The number of ketones is 1. The smallest absolute Gasteiger partial charge is 0.315 e. The number of nitrogens with zero attached hydrogens (tertiary/aromatic N) is 1. The number of Topliss-reactive ketones (excluding diaryl/α,β-unsaturated/α-hetero) is 1. The summed E-state index contributed by atoms with van der Waals surface area (Å²) < 4.78 is 26.1. The molecule has 0 aromatic heterocycles. The van der Waals surface area contributed by atoms with Crippen molar-refractivity contribution in [3.63, 3.8) is 0 Å². The summed E-state index contributed by atoms with van der Waals surface area (Å²) in [6, 6.07) is 4.41. The summed E-state index contributed by atoms with van der Waals surface area (Å²) >= 11 is 0. The fourth-order valence-corrected chi connectivity index (χ4v) is 8.71. The molecule has 5 amide bonds. The molecule has 6 atom stereocenters. The third-order valence-electron chi connectivity index (χ3n) is 10.1. The maximum absolute atomic E-state index is 14.3. The van der Waals surface area contributed by atoms with Gasteiger partial charge in [0, 0.05) is 12.6 Å². The molecule has 1 heterocycles. The van der Waals surface area contributed by atoms with Gasteiger partial charge < -0.3 is 26.6 Å². The number of sulfone groups is 1. The lowest BCUT2D eigenvalue weighted by Crippen LogP contribution is -2.62. The molecule has 4 rings (SSSR count). The van der Waals surface area contributed by atoms with Gasteiger partial charge in [-0.3, -0.25) is 19.2 Å². The monoisotopic (exact) mass is 673 g/mol. The lowest BCUT2D eigenvalue weighted by atomic mass is 9.85. The van der Waals surface area contributed by atoms with Crippen LogP contribution in [0.4, 0.5) is 4.79 Å². The molecule has 0 radical (unpaired) electrons. The van der Waals surface area contributed by atoms with Crippen molar-refractivity contribution in [1.82, 2.24) is 20.9 Å². The second-order valence-electron chi connectivity index (χ2n) is 15.7. The summed E-state index contributed by atoms with van der Waals surface area (Å²) in [7, 11) is -3.58. The molecule has 1 saturated heterocycles. The fraction of sp³-hybridized carbons (Fsp3) is 0.676. The van der Waals surface area contributed by atoms with Crippen LogP contribution < -0.4 is 21.7 Å². The third kappa shape index (κ3) is 8.71. The van der Waals surface area contributed by atoms with E-state index in [-0.39, 0.29) is 40.6 Å². The van der Waals surface area contributed by atoms with Crippen LogP contribution in [-0.2, 0) is 34.8 Å². The molecular weight excluding hydrogens is 622 g/mol. The lowest BCUT2D eigenvalue weighted by molar-refractivity contribution is -0.145. The average Bonchev–Trinajstić information content (AvgIpc) is 3.81. The number of rotatable bonds is 14. The molecule has 260 valence electrons. The van der Waals surface area contributed by atoms with Crippen LogP contribution in [0, 0.1) is 34.5 Å². The molecule has 47 heavy (non-hydrogen) atoms. The van der Waals surface area contributed by atoms with Gasteiger partial charge in [0.05, 0.1) is 17.5 Å². The maximum atomic E-state index is 14.3. The first-order valence-corrected chi connectivity index (χ1v) is 18.3. The van der Waals surface area contributed by atoms with Crippen LogP contribution in [0.3, 0.4) is 0 Å². The molecule has 2 aliphatic carbocycles. The van der Waals surface area contributed by atoms with Crippen molar-refractivity contribution in [3.8, 4) is 0 Å². The number of carbonyl (C=O) groups excluding carboxylic acids is 5. The zero-order chi connectivity index (χ0) is 35.1. The standard InChI is InChI=1S/C34H51N5O7S/c1-19(2)24(18-47(45,46)17-21-11-9-8-10-12-21)37-32(44)38-28(33(3,4)5)31(43)39-16-22-25(34(22,6)7)26(39)30(42)36-23(15-20-13-14-20)27(40)29(35)41/h8-12,19-20,22-26,28H,13-18H2,1-7H3,(H2,35,41)(H,36,42)(H2,37,38,44)/t22-,23?,24+,25-,26-,28+/m0/s1. The SMILES string of the molecule is CC(C)[C@@H](CS(=O)(=O)Cc1ccccc1)NC(=O)N[C@H](C(=O)N1C[C@H]2[C@@H]([C@H]1C(=O)NC(CC1CC1)C(=O)C(N)=O)C2(C)C)C(C)(C)C. The van der Waals surface area contributed by atoms with Crippen molar-refractivity contribution in [2.45, 2.75) is 97.6 Å². The van der Waals surface area contributed by atoms with Crippen molar-refractivity contribution >= 4 is 39.4 Å². The fourth-order valence-electron chi connectivity index (χ4n) is 6.88. The Kier molecular flexibility index (Phi) is 10.5. The number of amides is 5. The van der Waals surface area contributed by atoms with Gasteiger partial charge >= 0.3 is 6.03 Å².